The van der Waals surface area contributed by atoms with Gasteiger partial charge in [0, 0.05) is 17.6 Å². The van der Waals surface area contributed by atoms with Gasteiger partial charge in [-0.3, -0.25) is 0 Å². The van der Waals surface area contributed by atoms with Crippen LogP contribution in [0.2, 0.25) is 0 Å². The second-order valence-corrected chi connectivity index (χ2v) is 10.7. The SMILES string of the molecule is Nc1nc2c(-c3ccc(S(=O)(=O)N[C@@H]4C[C@H]4N)c(S(N)(=O)=O)c3-c3nn[nH]n3)cccc2[nH]1. The first kappa shape index (κ1) is 21.4. The number of imidazole rings is 1. The number of tetrazole rings is 1. The maximum Gasteiger partial charge on any atom is 0.242 e. The van der Waals surface area contributed by atoms with Gasteiger partial charge in [0.1, 0.15) is 9.79 Å². The van der Waals surface area contributed by atoms with Crippen molar-refractivity contribution in [1.29, 1.82) is 0 Å². The molecule has 1 fully saturated rings. The first-order valence-corrected chi connectivity index (χ1v) is 12.6. The third-order valence-corrected chi connectivity index (χ3v) is 7.89. The molecule has 0 bridgehead atoms. The van der Waals surface area contributed by atoms with Gasteiger partial charge in [-0.05, 0) is 29.3 Å². The summed E-state index contributed by atoms with van der Waals surface area (Å²) in [6.07, 6.45) is 0.433. The Kier molecular flexibility index (Phi) is 4.73. The number of hydrogen-bond donors (Lipinski definition) is 6. The van der Waals surface area contributed by atoms with E-state index in [1.165, 1.54) is 6.07 Å². The van der Waals surface area contributed by atoms with Crippen LogP contribution in [0.5, 0.6) is 0 Å². The van der Waals surface area contributed by atoms with E-state index in [4.69, 9.17) is 16.6 Å². The van der Waals surface area contributed by atoms with Crippen molar-refractivity contribution >= 4 is 37.0 Å². The number of sulfonamides is 2. The molecule has 5 rings (SSSR count). The smallest absolute Gasteiger partial charge is 0.242 e. The van der Waals surface area contributed by atoms with Crippen LogP contribution < -0.4 is 21.3 Å². The summed E-state index contributed by atoms with van der Waals surface area (Å²) in [6.45, 7) is 0. The Hall–Kier alpha value is -3.44. The summed E-state index contributed by atoms with van der Waals surface area (Å²) in [5.41, 5.74) is 13.1. The maximum atomic E-state index is 13.1. The lowest BCUT2D eigenvalue weighted by Crippen LogP contribution is -2.31. The van der Waals surface area contributed by atoms with E-state index in [0.29, 0.717) is 23.0 Å². The van der Waals surface area contributed by atoms with E-state index >= 15 is 0 Å². The van der Waals surface area contributed by atoms with Crippen LogP contribution in [0.25, 0.3) is 33.5 Å². The van der Waals surface area contributed by atoms with Crippen LogP contribution >= 0.6 is 0 Å². The van der Waals surface area contributed by atoms with Crippen molar-refractivity contribution < 1.29 is 16.8 Å². The summed E-state index contributed by atoms with van der Waals surface area (Å²) in [5.74, 6) is -0.0240. The number of nitrogen functional groups attached to an aromatic ring is 1. The highest BCUT2D eigenvalue weighted by molar-refractivity contribution is 7.92. The summed E-state index contributed by atoms with van der Waals surface area (Å²) in [7, 11) is -8.92. The molecule has 0 radical (unpaired) electrons. The summed E-state index contributed by atoms with van der Waals surface area (Å²) in [5, 5.41) is 19.0. The number of fused-ring (bicyclic) bond motifs is 1. The lowest BCUT2D eigenvalue weighted by atomic mass is 9.98. The standard InChI is InChI=1S/C17H18N10O4S2/c18-9-6-11(9)25-33(30,31)12-5-4-7(8-2-1-3-10-14(8)22-17(19)21-10)13(15(12)32(20,28)29)16-23-26-27-24-16/h1-5,9,11,25H,6,18H2,(H3,19,21,22)(H2,20,28,29)(H,23,24,26,27)/t9-,11-/m1/s1. The number of benzene rings is 2. The number of hydrogen-bond acceptors (Lipinski definition) is 10. The molecule has 2 aromatic heterocycles. The fourth-order valence-corrected chi connectivity index (χ4v) is 6.55. The second kappa shape index (κ2) is 7.29. The van der Waals surface area contributed by atoms with Crippen molar-refractivity contribution in [3.63, 3.8) is 0 Å². The molecule has 4 aromatic rings. The number of anilines is 1. The molecule has 9 N–H and O–H groups in total. The van der Waals surface area contributed by atoms with E-state index in [1.807, 2.05) is 0 Å². The van der Waals surface area contributed by atoms with E-state index in [0.717, 1.165) is 6.07 Å². The van der Waals surface area contributed by atoms with Crippen LogP contribution in [0, 0.1) is 0 Å². The van der Waals surface area contributed by atoms with Crippen LogP contribution in [-0.2, 0) is 20.0 Å². The van der Waals surface area contributed by atoms with E-state index in [2.05, 4.69) is 35.3 Å². The van der Waals surface area contributed by atoms with Gasteiger partial charge in [-0.2, -0.15) is 5.21 Å². The van der Waals surface area contributed by atoms with E-state index in [9.17, 15) is 16.8 Å². The molecule has 1 aliphatic rings. The molecule has 0 aliphatic heterocycles. The molecule has 0 spiro atoms. The van der Waals surface area contributed by atoms with Gasteiger partial charge in [-0.15, -0.1) is 10.2 Å². The first-order chi connectivity index (χ1) is 15.6. The number of H-pyrrole nitrogens is 2. The number of nitrogens with two attached hydrogens (primary N) is 3. The first-order valence-electron chi connectivity index (χ1n) is 9.52. The number of aromatic nitrogens is 6. The Labute approximate surface area is 187 Å². The van der Waals surface area contributed by atoms with Gasteiger partial charge in [0.2, 0.25) is 25.9 Å². The fraction of sp³-hybridized carbons (Fsp3) is 0.176. The lowest BCUT2D eigenvalue weighted by molar-refractivity contribution is 0.572. The molecule has 2 atom stereocenters. The monoisotopic (exact) mass is 490 g/mol. The van der Waals surface area contributed by atoms with Crippen molar-refractivity contribution in [2.45, 2.75) is 28.3 Å². The van der Waals surface area contributed by atoms with E-state index in [1.54, 1.807) is 18.2 Å². The summed E-state index contributed by atoms with van der Waals surface area (Å²) < 4.78 is 54.1. The molecule has 16 heteroatoms. The Bertz CT molecular complexity index is 1600. The van der Waals surface area contributed by atoms with E-state index < -0.39 is 35.9 Å². The van der Waals surface area contributed by atoms with Crippen molar-refractivity contribution in [2.75, 3.05) is 5.73 Å². The van der Waals surface area contributed by atoms with Crippen molar-refractivity contribution in [1.82, 2.24) is 35.3 Å². The molecule has 1 aliphatic carbocycles. The Morgan fingerprint density at radius 3 is 2.48 bits per heavy atom. The predicted octanol–water partition coefficient (Wildman–Crippen LogP) is -0.982. The van der Waals surface area contributed by atoms with E-state index in [-0.39, 0.29) is 28.9 Å². The highest BCUT2D eigenvalue weighted by Crippen LogP contribution is 2.41. The Balaban J connectivity index is 1.85. The normalized spacial score (nSPS) is 18.6. The number of para-hydroxylation sites is 1. The lowest BCUT2D eigenvalue weighted by Gasteiger charge is -2.16. The second-order valence-electron chi connectivity index (χ2n) is 7.55. The van der Waals surface area contributed by atoms with Gasteiger partial charge in [-0.25, -0.2) is 31.7 Å². The fourth-order valence-electron chi connectivity index (χ4n) is 3.65. The summed E-state index contributed by atoms with van der Waals surface area (Å²) in [4.78, 5) is 5.92. The molecule has 33 heavy (non-hydrogen) atoms. The van der Waals surface area contributed by atoms with Crippen LogP contribution in [0.4, 0.5) is 5.95 Å². The maximum absolute atomic E-state index is 13.1. The van der Waals surface area contributed by atoms with Crippen LogP contribution in [-0.4, -0.2) is 59.5 Å². The average Bonchev–Trinajstić information content (AvgIpc) is 3.13. The molecule has 14 nitrogen and oxygen atoms in total. The molecule has 0 unspecified atom stereocenters. The van der Waals surface area contributed by atoms with Gasteiger partial charge in [0.05, 0.1) is 16.6 Å². The highest BCUT2D eigenvalue weighted by atomic mass is 32.2. The molecule has 0 saturated heterocycles. The van der Waals surface area contributed by atoms with Crippen molar-refractivity contribution in [3.8, 4) is 22.5 Å². The average molecular weight is 491 g/mol. The predicted molar refractivity (Wildman–Crippen MR) is 117 cm³/mol. The quantitative estimate of drug-likeness (QED) is 0.193. The van der Waals surface area contributed by atoms with Gasteiger partial charge >= 0.3 is 0 Å². The molecule has 2 aromatic carbocycles. The summed E-state index contributed by atoms with van der Waals surface area (Å²) >= 11 is 0. The van der Waals surface area contributed by atoms with Gasteiger partial charge < -0.3 is 16.5 Å². The van der Waals surface area contributed by atoms with Crippen LogP contribution in [0.1, 0.15) is 6.42 Å². The van der Waals surface area contributed by atoms with Crippen molar-refractivity contribution in [3.05, 3.63) is 30.3 Å². The minimum Gasteiger partial charge on any atom is -0.369 e. The third-order valence-electron chi connectivity index (χ3n) is 5.23. The highest BCUT2D eigenvalue weighted by Gasteiger charge is 2.40. The minimum absolute atomic E-state index is 0.148. The van der Waals surface area contributed by atoms with Gasteiger partial charge in [0.15, 0.2) is 5.95 Å². The minimum atomic E-state index is -4.61. The molecule has 0 amide bonds. The Morgan fingerprint density at radius 1 is 1.09 bits per heavy atom. The number of nitrogens with zero attached hydrogens (tertiary/aromatic N) is 4. The summed E-state index contributed by atoms with van der Waals surface area (Å²) in [6, 6.07) is 6.84. The third kappa shape index (κ3) is 3.72. The Morgan fingerprint density at radius 2 is 1.85 bits per heavy atom. The molecular weight excluding hydrogens is 472 g/mol. The van der Waals surface area contributed by atoms with Gasteiger partial charge in [-0.1, -0.05) is 18.2 Å². The number of rotatable bonds is 6. The molecule has 172 valence electrons. The zero-order valence-corrected chi connectivity index (χ0v) is 18.4. The van der Waals surface area contributed by atoms with Crippen LogP contribution in [0.15, 0.2) is 40.1 Å². The van der Waals surface area contributed by atoms with Gasteiger partial charge in [0.25, 0.3) is 0 Å². The molecule has 1 saturated carbocycles. The van der Waals surface area contributed by atoms with Crippen LogP contribution in [0.3, 0.4) is 0 Å². The number of nitrogens with one attached hydrogen (secondary N) is 3. The topological polar surface area (TPSA) is 242 Å². The van der Waals surface area contributed by atoms with Crippen molar-refractivity contribution in [2.24, 2.45) is 10.9 Å². The molecular formula is C17H18N10O4S2. The number of aromatic amines is 2. The zero-order valence-electron chi connectivity index (χ0n) is 16.7. The number of primary sulfonamides is 1. The largest absolute Gasteiger partial charge is 0.369 e. The molecule has 2 heterocycles. The zero-order chi connectivity index (χ0) is 23.5.